The van der Waals surface area contributed by atoms with Crippen molar-refractivity contribution in [3.8, 4) is 5.75 Å². The highest BCUT2D eigenvalue weighted by molar-refractivity contribution is 5.70. The molecule has 156 valence electrons. The first-order chi connectivity index (χ1) is 13.4. The maximum Gasteiger partial charge on any atom is 0.306 e. The molecule has 0 aliphatic carbocycles. The molecule has 1 fully saturated rings. The summed E-state index contributed by atoms with van der Waals surface area (Å²) >= 11 is 0. The van der Waals surface area contributed by atoms with E-state index in [4.69, 9.17) is 14.2 Å². The van der Waals surface area contributed by atoms with Crippen LogP contribution in [0.4, 0.5) is 0 Å². The second-order valence-corrected chi connectivity index (χ2v) is 8.45. The smallest absolute Gasteiger partial charge is 0.306 e. The largest absolute Gasteiger partial charge is 0.497 e. The SMILES string of the molecule is COc1ccc(COC[C@H](C)[C@H](C)/C=C/[C@@H](C)C[C@@H]2C[C@@H](C)CC(=O)O2)cc1. The Labute approximate surface area is 170 Å². The molecule has 1 aliphatic rings. The fraction of sp³-hybridized carbons (Fsp3) is 0.625. The number of hydrogen-bond donors (Lipinski definition) is 0. The summed E-state index contributed by atoms with van der Waals surface area (Å²) in [6, 6.07) is 7.99. The topological polar surface area (TPSA) is 44.8 Å². The van der Waals surface area contributed by atoms with Crippen molar-refractivity contribution in [2.24, 2.45) is 23.7 Å². The van der Waals surface area contributed by atoms with Gasteiger partial charge in [0.05, 0.1) is 20.3 Å². The van der Waals surface area contributed by atoms with E-state index in [1.54, 1.807) is 7.11 Å². The molecular formula is C24H36O4. The molecular weight excluding hydrogens is 352 g/mol. The van der Waals surface area contributed by atoms with Crippen LogP contribution in [0.5, 0.6) is 5.75 Å². The standard InChI is InChI=1S/C24H36O4/c1-17(12-23-13-18(2)14-24(25)28-23)6-7-19(3)20(4)15-27-16-21-8-10-22(26-5)11-9-21/h6-11,17-20,23H,12-16H2,1-5H3/b7-6+/t17-,18-,19-,20+,23-/m1/s1. The summed E-state index contributed by atoms with van der Waals surface area (Å²) < 4.78 is 16.6. The molecule has 5 atom stereocenters. The Morgan fingerprint density at radius 3 is 2.54 bits per heavy atom. The van der Waals surface area contributed by atoms with Gasteiger partial charge in [-0.2, -0.15) is 0 Å². The Kier molecular flexibility index (Phi) is 9.04. The van der Waals surface area contributed by atoms with Gasteiger partial charge in [-0.15, -0.1) is 0 Å². The van der Waals surface area contributed by atoms with E-state index in [1.165, 1.54) is 0 Å². The van der Waals surface area contributed by atoms with Crippen LogP contribution < -0.4 is 4.74 Å². The van der Waals surface area contributed by atoms with Crippen molar-refractivity contribution in [3.63, 3.8) is 0 Å². The summed E-state index contributed by atoms with van der Waals surface area (Å²) in [6.45, 7) is 10.1. The van der Waals surface area contributed by atoms with Crippen LogP contribution in [0, 0.1) is 23.7 Å². The van der Waals surface area contributed by atoms with Crippen molar-refractivity contribution < 1.29 is 19.0 Å². The highest BCUT2D eigenvalue weighted by Crippen LogP contribution is 2.26. The second kappa shape index (κ2) is 11.3. The van der Waals surface area contributed by atoms with Gasteiger partial charge in [0.25, 0.3) is 0 Å². The first-order valence-corrected chi connectivity index (χ1v) is 10.5. The maximum atomic E-state index is 11.6. The first kappa shape index (κ1) is 22.5. The molecule has 0 saturated carbocycles. The number of ether oxygens (including phenoxy) is 3. The zero-order valence-electron chi connectivity index (χ0n) is 18.0. The van der Waals surface area contributed by atoms with Gasteiger partial charge in [0, 0.05) is 6.42 Å². The normalized spacial score (nSPS) is 23.2. The number of cyclic esters (lactones) is 1. The number of methoxy groups -OCH3 is 1. The average Bonchev–Trinajstić information content (AvgIpc) is 2.65. The van der Waals surface area contributed by atoms with E-state index in [-0.39, 0.29) is 12.1 Å². The van der Waals surface area contributed by atoms with Crippen LogP contribution in [0.3, 0.4) is 0 Å². The molecule has 1 aliphatic heterocycles. The molecule has 2 rings (SSSR count). The van der Waals surface area contributed by atoms with Crippen molar-refractivity contribution in [3.05, 3.63) is 42.0 Å². The lowest BCUT2D eigenvalue weighted by molar-refractivity contribution is -0.157. The lowest BCUT2D eigenvalue weighted by Crippen LogP contribution is -2.29. The summed E-state index contributed by atoms with van der Waals surface area (Å²) in [7, 11) is 1.67. The quantitative estimate of drug-likeness (QED) is 0.397. The van der Waals surface area contributed by atoms with Gasteiger partial charge < -0.3 is 14.2 Å². The number of rotatable bonds is 10. The molecule has 0 amide bonds. The summed E-state index contributed by atoms with van der Waals surface area (Å²) in [5.74, 6) is 2.53. The molecule has 4 heteroatoms. The highest BCUT2D eigenvalue weighted by atomic mass is 16.5. The zero-order valence-corrected chi connectivity index (χ0v) is 18.0. The molecule has 0 bridgehead atoms. The predicted octanol–water partition coefficient (Wildman–Crippen LogP) is 5.41. The summed E-state index contributed by atoms with van der Waals surface area (Å²) in [4.78, 5) is 11.6. The van der Waals surface area contributed by atoms with Gasteiger partial charge in [-0.3, -0.25) is 4.79 Å². The van der Waals surface area contributed by atoms with Crippen LogP contribution >= 0.6 is 0 Å². The summed E-state index contributed by atoms with van der Waals surface area (Å²) in [5, 5.41) is 0. The number of esters is 1. The van der Waals surface area contributed by atoms with Crippen LogP contribution in [0.2, 0.25) is 0 Å². The minimum atomic E-state index is -0.0454. The molecule has 1 heterocycles. The highest BCUT2D eigenvalue weighted by Gasteiger charge is 2.26. The third-order valence-corrected chi connectivity index (χ3v) is 5.56. The average molecular weight is 389 g/mol. The number of benzene rings is 1. The molecule has 28 heavy (non-hydrogen) atoms. The zero-order chi connectivity index (χ0) is 20.5. The Bertz CT molecular complexity index is 622. The van der Waals surface area contributed by atoms with Gasteiger partial charge in [-0.05, 0) is 54.2 Å². The lowest BCUT2D eigenvalue weighted by atomic mass is 9.90. The van der Waals surface area contributed by atoms with Crippen LogP contribution in [-0.2, 0) is 20.9 Å². The molecule has 1 aromatic rings. The summed E-state index contributed by atoms with van der Waals surface area (Å²) in [6.07, 6.45) is 7.05. The Morgan fingerprint density at radius 2 is 1.89 bits per heavy atom. The van der Waals surface area contributed by atoms with E-state index in [2.05, 4.69) is 39.8 Å². The predicted molar refractivity (Wildman–Crippen MR) is 112 cm³/mol. The third-order valence-electron chi connectivity index (χ3n) is 5.56. The van der Waals surface area contributed by atoms with Crippen molar-refractivity contribution in [1.29, 1.82) is 0 Å². The van der Waals surface area contributed by atoms with Crippen molar-refractivity contribution in [2.45, 2.75) is 59.7 Å². The van der Waals surface area contributed by atoms with Gasteiger partial charge in [0.15, 0.2) is 0 Å². The minimum absolute atomic E-state index is 0.0454. The molecule has 0 aromatic heterocycles. The fourth-order valence-electron chi connectivity index (χ4n) is 3.53. The van der Waals surface area contributed by atoms with Gasteiger partial charge in [-0.25, -0.2) is 0 Å². The number of carbonyl (C=O) groups excluding carboxylic acids is 1. The van der Waals surface area contributed by atoms with E-state index < -0.39 is 0 Å². The van der Waals surface area contributed by atoms with Gasteiger partial charge in [-0.1, -0.05) is 52.0 Å². The van der Waals surface area contributed by atoms with E-state index in [1.807, 2.05) is 24.3 Å². The van der Waals surface area contributed by atoms with Crippen LogP contribution in [0.1, 0.15) is 52.5 Å². The van der Waals surface area contributed by atoms with E-state index >= 15 is 0 Å². The van der Waals surface area contributed by atoms with Crippen LogP contribution in [0.15, 0.2) is 36.4 Å². The first-order valence-electron chi connectivity index (χ1n) is 10.5. The molecule has 0 spiro atoms. The maximum absolute atomic E-state index is 11.6. The van der Waals surface area contributed by atoms with E-state index in [0.717, 1.165) is 30.8 Å². The van der Waals surface area contributed by atoms with Crippen molar-refractivity contribution in [2.75, 3.05) is 13.7 Å². The molecule has 0 N–H and O–H groups in total. The molecule has 0 unspecified atom stereocenters. The Balaban J connectivity index is 1.69. The molecule has 4 nitrogen and oxygen atoms in total. The number of hydrogen-bond acceptors (Lipinski definition) is 4. The van der Waals surface area contributed by atoms with Crippen molar-refractivity contribution >= 4 is 5.97 Å². The number of carbonyl (C=O) groups is 1. The minimum Gasteiger partial charge on any atom is -0.497 e. The van der Waals surface area contributed by atoms with Gasteiger partial charge >= 0.3 is 5.97 Å². The third kappa shape index (κ3) is 7.67. The Morgan fingerprint density at radius 1 is 1.18 bits per heavy atom. The lowest BCUT2D eigenvalue weighted by Gasteiger charge is -2.28. The summed E-state index contributed by atoms with van der Waals surface area (Å²) in [5.41, 5.74) is 1.15. The van der Waals surface area contributed by atoms with E-state index in [0.29, 0.717) is 36.7 Å². The van der Waals surface area contributed by atoms with Gasteiger partial charge in [0.1, 0.15) is 11.9 Å². The molecule has 1 aromatic carbocycles. The Hall–Kier alpha value is -1.81. The van der Waals surface area contributed by atoms with E-state index in [9.17, 15) is 4.79 Å². The fourth-order valence-corrected chi connectivity index (χ4v) is 3.53. The molecule has 0 radical (unpaired) electrons. The second-order valence-electron chi connectivity index (χ2n) is 8.45. The molecule has 1 saturated heterocycles. The van der Waals surface area contributed by atoms with Crippen LogP contribution in [-0.4, -0.2) is 25.8 Å². The van der Waals surface area contributed by atoms with Crippen molar-refractivity contribution in [1.82, 2.24) is 0 Å². The van der Waals surface area contributed by atoms with Gasteiger partial charge in [0.2, 0.25) is 0 Å². The monoisotopic (exact) mass is 388 g/mol. The van der Waals surface area contributed by atoms with Crippen LogP contribution in [0.25, 0.3) is 0 Å². The number of allylic oxidation sites excluding steroid dienone is 2.